The largest absolute Gasteiger partial charge is 0.481 e. The molecule has 28 heavy (non-hydrogen) atoms. The average Bonchev–Trinajstić information content (AvgIpc) is 3.15. The van der Waals surface area contributed by atoms with E-state index in [1.54, 1.807) is 6.07 Å². The number of benzene rings is 2. The Bertz CT molecular complexity index is 1020. The Morgan fingerprint density at radius 3 is 2.39 bits per heavy atom. The maximum Gasteiger partial charge on any atom is 0.317 e. The zero-order valence-corrected chi connectivity index (χ0v) is 16.0. The molecule has 0 aliphatic rings. The normalized spacial score (nSPS) is 10.6. The number of nitrogens with one attached hydrogen (secondary N) is 1. The van der Waals surface area contributed by atoms with E-state index in [0.717, 1.165) is 23.0 Å². The van der Waals surface area contributed by atoms with Crippen molar-refractivity contribution in [3.8, 4) is 22.5 Å². The molecule has 0 saturated carbocycles. The third-order valence-electron chi connectivity index (χ3n) is 3.93. The van der Waals surface area contributed by atoms with E-state index < -0.39 is 5.97 Å². The first-order valence-corrected chi connectivity index (χ1v) is 9.18. The van der Waals surface area contributed by atoms with Crippen LogP contribution in [0.15, 0.2) is 47.6 Å². The second-order valence-corrected chi connectivity index (χ2v) is 7.11. The van der Waals surface area contributed by atoms with Gasteiger partial charge in [-0.05, 0) is 29.3 Å². The van der Waals surface area contributed by atoms with Crippen molar-refractivity contribution < 1.29 is 20.0 Å². The van der Waals surface area contributed by atoms with Crippen molar-refractivity contribution in [1.82, 2.24) is 15.2 Å². The number of thioether (sulfide) groups is 1. The molecular formula is C18H18N5O4S+. The van der Waals surface area contributed by atoms with E-state index in [1.807, 2.05) is 49.3 Å². The lowest BCUT2D eigenvalue weighted by atomic mass is 10.0. The summed E-state index contributed by atoms with van der Waals surface area (Å²) < 4.78 is 0. The molecule has 10 heteroatoms. The Kier molecular flexibility index (Phi) is 5.59. The third-order valence-corrected chi connectivity index (χ3v) is 4.78. The molecule has 144 valence electrons. The maximum absolute atomic E-state index is 11.5. The second-order valence-electron chi connectivity index (χ2n) is 6.14. The van der Waals surface area contributed by atoms with Crippen molar-refractivity contribution >= 4 is 29.1 Å². The third kappa shape index (κ3) is 4.46. The fourth-order valence-corrected chi connectivity index (χ4v) is 3.08. The Balaban J connectivity index is 1.98. The molecule has 0 aliphatic heterocycles. The first-order chi connectivity index (χ1) is 13.3. The lowest BCUT2D eigenvalue weighted by Gasteiger charge is -2.12. The highest BCUT2D eigenvalue weighted by atomic mass is 32.2. The van der Waals surface area contributed by atoms with Gasteiger partial charge in [-0.15, -0.1) is 10.2 Å². The molecule has 9 nitrogen and oxygen atoms in total. The summed E-state index contributed by atoms with van der Waals surface area (Å²) in [5, 5.41) is 26.4. The number of carbonyl (C=O) groups is 1. The molecule has 0 bridgehead atoms. The average molecular weight is 400 g/mol. The number of aromatic amines is 1. The summed E-state index contributed by atoms with van der Waals surface area (Å²) >= 11 is 1.00. The SMILES string of the molecule is CN(C)c1ccc(-c2cc(-c3nnc(SCC(=O)O)[nH]3)cc([N+](=O)O)c2)cc1. The van der Waals surface area contributed by atoms with Crippen LogP contribution in [0, 0.1) is 4.91 Å². The highest BCUT2D eigenvalue weighted by Gasteiger charge is 2.18. The molecule has 0 spiro atoms. The molecule has 0 amide bonds. The van der Waals surface area contributed by atoms with Crippen molar-refractivity contribution in [2.45, 2.75) is 5.16 Å². The number of hydrogen-bond donors (Lipinski definition) is 3. The molecule has 3 N–H and O–H groups in total. The Morgan fingerprint density at radius 2 is 1.79 bits per heavy atom. The van der Waals surface area contributed by atoms with Crippen LogP contribution >= 0.6 is 11.8 Å². The van der Waals surface area contributed by atoms with Crippen LogP contribution in [0.4, 0.5) is 11.4 Å². The van der Waals surface area contributed by atoms with Gasteiger partial charge in [-0.2, -0.15) is 0 Å². The summed E-state index contributed by atoms with van der Waals surface area (Å²) in [4.78, 5) is 26.9. The second kappa shape index (κ2) is 8.09. The number of carboxylic acid groups (broad SMARTS) is 1. The number of H-pyrrole nitrogens is 1. The molecular weight excluding hydrogens is 382 g/mol. The minimum absolute atomic E-state index is 0.0420. The number of aromatic nitrogens is 3. The van der Waals surface area contributed by atoms with Crippen LogP contribution in [0.1, 0.15) is 0 Å². The summed E-state index contributed by atoms with van der Waals surface area (Å²) in [6.45, 7) is 0. The molecule has 2 aromatic carbocycles. The molecule has 1 heterocycles. The summed E-state index contributed by atoms with van der Waals surface area (Å²) in [5.41, 5.74) is 3.18. The lowest BCUT2D eigenvalue weighted by Crippen LogP contribution is -2.07. The van der Waals surface area contributed by atoms with Gasteiger partial charge in [0.2, 0.25) is 0 Å². The predicted molar refractivity (Wildman–Crippen MR) is 105 cm³/mol. The number of carboxylic acids is 1. The molecule has 3 aromatic rings. The van der Waals surface area contributed by atoms with Gasteiger partial charge in [0.25, 0.3) is 4.92 Å². The zero-order valence-electron chi connectivity index (χ0n) is 15.2. The van der Waals surface area contributed by atoms with Gasteiger partial charge in [-0.3, -0.25) is 4.79 Å². The van der Waals surface area contributed by atoms with Gasteiger partial charge in [0, 0.05) is 37.5 Å². The van der Waals surface area contributed by atoms with Gasteiger partial charge in [0.05, 0.1) is 10.7 Å². The summed E-state index contributed by atoms with van der Waals surface area (Å²) in [6.07, 6.45) is 0. The van der Waals surface area contributed by atoms with Crippen molar-refractivity contribution in [2.24, 2.45) is 0 Å². The first kappa shape index (κ1) is 19.4. The van der Waals surface area contributed by atoms with Gasteiger partial charge in [-0.25, -0.2) is 5.21 Å². The smallest absolute Gasteiger partial charge is 0.317 e. The van der Waals surface area contributed by atoms with Crippen molar-refractivity contribution in [1.29, 1.82) is 0 Å². The van der Waals surface area contributed by atoms with Crippen LogP contribution < -0.4 is 4.90 Å². The van der Waals surface area contributed by atoms with Crippen LogP contribution in [-0.4, -0.2) is 56.2 Å². The van der Waals surface area contributed by atoms with E-state index >= 15 is 0 Å². The predicted octanol–water partition coefficient (Wildman–Crippen LogP) is 3.18. The summed E-state index contributed by atoms with van der Waals surface area (Å²) in [6, 6.07) is 12.6. The van der Waals surface area contributed by atoms with Crippen LogP contribution in [0.25, 0.3) is 22.5 Å². The number of aliphatic carboxylic acids is 1. The van der Waals surface area contributed by atoms with E-state index in [2.05, 4.69) is 15.2 Å². The van der Waals surface area contributed by atoms with Crippen molar-refractivity contribution in [3.63, 3.8) is 0 Å². The van der Waals surface area contributed by atoms with Gasteiger partial charge in [-0.1, -0.05) is 23.9 Å². The minimum Gasteiger partial charge on any atom is -0.481 e. The van der Waals surface area contributed by atoms with Crippen LogP contribution in [0.5, 0.6) is 0 Å². The van der Waals surface area contributed by atoms with Crippen LogP contribution in [0.3, 0.4) is 0 Å². The standard InChI is InChI=1S/C18H17N5O4S/c1-22(2)14-5-3-11(4-6-14)12-7-13(9-15(8-12)23(26)27)17-19-18(21-20-17)28-10-16(24)25/h3-9H,10H2,1-2H3,(H2-,19,20,21,24,25,26,27)/p+1. The number of rotatable bonds is 7. The number of anilines is 1. The topological polar surface area (TPSA) is 122 Å². The van der Waals surface area contributed by atoms with Gasteiger partial charge in [0.1, 0.15) is 0 Å². The first-order valence-electron chi connectivity index (χ1n) is 8.20. The molecule has 0 saturated heterocycles. The number of nitrogens with zero attached hydrogens (tertiary/aromatic N) is 4. The van der Waals surface area contributed by atoms with Gasteiger partial charge >= 0.3 is 11.7 Å². The van der Waals surface area contributed by atoms with Crippen LogP contribution in [-0.2, 0) is 4.79 Å². The monoisotopic (exact) mass is 400 g/mol. The molecule has 3 rings (SSSR count). The van der Waals surface area contributed by atoms with Gasteiger partial charge in [0.15, 0.2) is 11.0 Å². The lowest BCUT2D eigenvalue weighted by molar-refractivity contribution is -0.729. The van der Waals surface area contributed by atoms with Crippen LogP contribution in [0.2, 0.25) is 0 Å². The molecule has 0 fully saturated rings. The van der Waals surface area contributed by atoms with E-state index in [0.29, 0.717) is 22.1 Å². The highest BCUT2D eigenvalue weighted by Crippen LogP contribution is 2.31. The molecule has 1 aromatic heterocycles. The number of hydrogen-bond acceptors (Lipinski definition) is 6. The van der Waals surface area contributed by atoms with E-state index in [1.165, 1.54) is 6.07 Å². The highest BCUT2D eigenvalue weighted by molar-refractivity contribution is 7.99. The Labute approximate surface area is 164 Å². The molecule has 0 unspecified atom stereocenters. The van der Waals surface area contributed by atoms with Crippen molar-refractivity contribution in [2.75, 3.05) is 24.7 Å². The van der Waals surface area contributed by atoms with E-state index in [9.17, 15) is 14.9 Å². The zero-order chi connectivity index (χ0) is 20.3. The molecule has 0 atom stereocenters. The van der Waals surface area contributed by atoms with Crippen molar-refractivity contribution in [3.05, 3.63) is 47.4 Å². The Hall–Kier alpha value is -3.40. The summed E-state index contributed by atoms with van der Waals surface area (Å²) in [5.74, 6) is -0.748. The molecule has 0 aliphatic carbocycles. The fourth-order valence-electron chi connectivity index (χ4n) is 2.55. The Morgan fingerprint density at radius 1 is 1.11 bits per heavy atom. The minimum atomic E-state index is -0.962. The quantitative estimate of drug-likeness (QED) is 0.408. The maximum atomic E-state index is 11.5. The fraction of sp³-hybridized carbons (Fsp3) is 0.167. The van der Waals surface area contributed by atoms with E-state index in [4.69, 9.17) is 5.11 Å². The molecule has 0 radical (unpaired) electrons. The van der Waals surface area contributed by atoms with E-state index in [-0.39, 0.29) is 16.4 Å². The van der Waals surface area contributed by atoms with Gasteiger partial charge < -0.3 is 15.0 Å². The summed E-state index contributed by atoms with van der Waals surface area (Å²) in [7, 11) is 3.89.